The van der Waals surface area contributed by atoms with Crippen LogP contribution in [0.2, 0.25) is 0 Å². The van der Waals surface area contributed by atoms with Crippen molar-refractivity contribution in [3.8, 4) is 17.0 Å². The highest BCUT2D eigenvalue weighted by Crippen LogP contribution is 2.41. The molecule has 4 rings (SSSR count). The summed E-state index contributed by atoms with van der Waals surface area (Å²) in [4.78, 5) is 15.2. The predicted molar refractivity (Wildman–Crippen MR) is 118 cm³/mol. The van der Waals surface area contributed by atoms with Crippen molar-refractivity contribution in [3.63, 3.8) is 0 Å². The largest absolute Gasteiger partial charge is 0.482 e. The number of aliphatic carboxylic acids is 1. The second-order valence-corrected chi connectivity index (χ2v) is 8.21. The van der Waals surface area contributed by atoms with E-state index in [1.54, 1.807) is 42.5 Å². The number of halogens is 1. The van der Waals surface area contributed by atoms with Crippen molar-refractivity contribution in [2.24, 2.45) is 0 Å². The van der Waals surface area contributed by atoms with Crippen LogP contribution in [0, 0.1) is 5.82 Å². The molecule has 0 saturated carbocycles. The van der Waals surface area contributed by atoms with Crippen LogP contribution >= 0.6 is 0 Å². The molecule has 2 unspecified atom stereocenters. The van der Waals surface area contributed by atoms with Crippen LogP contribution in [0.1, 0.15) is 30.0 Å². The van der Waals surface area contributed by atoms with E-state index < -0.39 is 35.7 Å². The Kier molecular flexibility index (Phi) is 6.48. The average molecular weight is 456 g/mol. The van der Waals surface area contributed by atoms with Crippen molar-refractivity contribution in [1.82, 2.24) is 4.98 Å². The van der Waals surface area contributed by atoms with E-state index in [4.69, 9.17) is 9.84 Å². The summed E-state index contributed by atoms with van der Waals surface area (Å²) in [7, 11) is 0. The van der Waals surface area contributed by atoms with Gasteiger partial charge in [0.1, 0.15) is 11.6 Å². The lowest BCUT2D eigenvalue weighted by molar-refractivity contribution is -0.139. The van der Waals surface area contributed by atoms with Crippen molar-refractivity contribution >= 4 is 22.9 Å². The quantitative estimate of drug-likeness (QED) is 0.512. The zero-order valence-corrected chi connectivity index (χ0v) is 17.8. The summed E-state index contributed by atoms with van der Waals surface area (Å²) < 4.78 is 43.4. The van der Waals surface area contributed by atoms with E-state index in [9.17, 15) is 17.9 Å². The smallest absolute Gasteiger partial charge is 0.341 e. The molecule has 1 heterocycles. The monoisotopic (exact) mass is 456 g/mol. The second kappa shape index (κ2) is 9.46. The Labute approximate surface area is 186 Å². The van der Waals surface area contributed by atoms with Gasteiger partial charge in [0, 0.05) is 5.56 Å². The Morgan fingerprint density at radius 3 is 2.69 bits per heavy atom. The summed E-state index contributed by atoms with van der Waals surface area (Å²) in [5.41, 5.74) is 2.82. The van der Waals surface area contributed by atoms with E-state index in [2.05, 4.69) is 4.98 Å². The molecule has 9 heteroatoms. The van der Waals surface area contributed by atoms with E-state index in [-0.39, 0.29) is 0 Å². The summed E-state index contributed by atoms with van der Waals surface area (Å²) >= 11 is -2.35. The Bertz CT molecular complexity index is 1160. The Hall–Kier alpha value is -3.30. The molecule has 0 saturated heterocycles. The number of hydrogen-bond donors (Lipinski definition) is 2. The van der Waals surface area contributed by atoms with Crippen LogP contribution < -0.4 is 9.04 Å². The van der Waals surface area contributed by atoms with Crippen molar-refractivity contribution in [3.05, 3.63) is 77.7 Å². The Balaban J connectivity index is 1.68. The molecule has 0 amide bonds. The number of carbonyl (C=O) groups is 1. The van der Waals surface area contributed by atoms with E-state index in [1.165, 1.54) is 16.6 Å². The number of nitrogens with zero attached hydrogens (tertiary/aromatic N) is 2. The number of anilines is 1. The number of fused-ring (bicyclic) bond motifs is 1. The fourth-order valence-electron chi connectivity index (χ4n) is 4.03. The summed E-state index contributed by atoms with van der Waals surface area (Å²) in [6.07, 6.45) is 3.49. The van der Waals surface area contributed by atoms with Gasteiger partial charge >= 0.3 is 5.97 Å². The number of ether oxygens (including phenoxy) is 1. The lowest BCUT2D eigenvalue weighted by atomic mass is 9.87. The van der Waals surface area contributed by atoms with E-state index in [0.717, 1.165) is 17.5 Å². The first-order chi connectivity index (χ1) is 15.5. The molecule has 7 nitrogen and oxygen atoms in total. The lowest BCUT2D eigenvalue weighted by Crippen LogP contribution is -2.33. The molecule has 2 N–H and O–H groups in total. The fraction of sp³-hybridized carbons (Fsp3) is 0.217. The van der Waals surface area contributed by atoms with Gasteiger partial charge in [0.2, 0.25) is 0 Å². The van der Waals surface area contributed by atoms with Gasteiger partial charge in [-0.3, -0.25) is 13.8 Å². The molecular weight excluding hydrogens is 435 g/mol. The molecule has 0 spiro atoms. The third kappa shape index (κ3) is 4.49. The standard InChI is InChI=1S/C23H21FN2O5S/c24-19-8-2-1-5-18(19)20-12-11-15(13-25-20)26(32(29)30)21-9-3-7-17-16(21)6-4-10-22(17)31-14-23(27)28/h1-2,4-6,8,10-13,21H,3,7,9,14H2,(H,27,28)(H,29,30). The molecule has 1 aliphatic carbocycles. The summed E-state index contributed by atoms with van der Waals surface area (Å²) in [6.45, 7) is -0.460. The second-order valence-electron chi connectivity index (χ2n) is 7.35. The van der Waals surface area contributed by atoms with Crippen molar-refractivity contribution in [2.45, 2.75) is 25.3 Å². The highest BCUT2D eigenvalue weighted by atomic mass is 32.2. The Morgan fingerprint density at radius 1 is 1.19 bits per heavy atom. The highest BCUT2D eigenvalue weighted by molar-refractivity contribution is 7.80. The molecule has 0 aliphatic heterocycles. The van der Waals surface area contributed by atoms with Gasteiger partial charge in [-0.25, -0.2) is 13.4 Å². The molecule has 32 heavy (non-hydrogen) atoms. The SMILES string of the molecule is O=C(O)COc1cccc2c1CCCC2N(c1ccc(-c2ccccc2F)nc1)S(=O)O. The summed E-state index contributed by atoms with van der Waals surface area (Å²) in [6, 6.07) is 14.4. The Morgan fingerprint density at radius 2 is 2.00 bits per heavy atom. The molecule has 3 aromatic rings. The number of pyridine rings is 1. The molecule has 0 bridgehead atoms. The normalized spacial score (nSPS) is 16.1. The van der Waals surface area contributed by atoms with Crippen molar-refractivity contribution in [1.29, 1.82) is 0 Å². The van der Waals surface area contributed by atoms with Crippen LogP contribution in [-0.2, 0) is 22.5 Å². The molecule has 2 atom stereocenters. The van der Waals surface area contributed by atoms with Crippen LogP contribution in [0.15, 0.2) is 60.8 Å². The maximum absolute atomic E-state index is 14.1. The third-order valence-corrected chi connectivity index (χ3v) is 6.19. The topological polar surface area (TPSA) is 100.0 Å². The van der Waals surface area contributed by atoms with Crippen LogP contribution in [0.4, 0.5) is 10.1 Å². The number of hydrogen-bond acceptors (Lipinski definition) is 4. The lowest BCUT2D eigenvalue weighted by Gasteiger charge is -2.34. The first-order valence-corrected chi connectivity index (χ1v) is 11.1. The highest BCUT2D eigenvalue weighted by Gasteiger charge is 2.31. The summed E-state index contributed by atoms with van der Waals surface area (Å²) in [5, 5.41) is 8.93. The maximum atomic E-state index is 14.1. The number of aromatic nitrogens is 1. The number of rotatable bonds is 7. The van der Waals surface area contributed by atoms with Gasteiger partial charge in [0.05, 0.1) is 23.6 Å². The zero-order chi connectivity index (χ0) is 22.7. The molecule has 1 aromatic heterocycles. The van der Waals surface area contributed by atoms with Gasteiger partial charge in [0.25, 0.3) is 11.3 Å². The zero-order valence-electron chi connectivity index (χ0n) is 17.0. The minimum Gasteiger partial charge on any atom is -0.482 e. The average Bonchev–Trinajstić information content (AvgIpc) is 2.78. The van der Waals surface area contributed by atoms with Crippen LogP contribution in [0.5, 0.6) is 5.75 Å². The maximum Gasteiger partial charge on any atom is 0.341 e. The number of carboxylic acids is 1. The van der Waals surface area contributed by atoms with Gasteiger partial charge in [-0.2, -0.15) is 0 Å². The first-order valence-electron chi connectivity index (χ1n) is 10.0. The van der Waals surface area contributed by atoms with Gasteiger partial charge in [-0.05, 0) is 60.7 Å². The molecule has 0 fully saturated rings. The molecule has 2 aromatic carbocycles. The minimum atomic E-state index is -2.35. The van der Waals surface area contributed by atoms with Crippen LogP contribution in [0.3, 0.4) is 0 Å². The van der Waals surface area contributed by atoms with Gasteiger partial charge in [-0.1, -0.05) is 24.3 Å². The van der Waals surface area contributed by atoms with Crippen molar-refractivity contribution < 1.29 is 27.8 Å². The van der Waals surface area contributed by atoms with E-state index in [1.807, 2.05) is 6.07 Å². The summed E-state index contributed by atoms with van der Waals surface area (Å²) in [5.74, 6) is -1.01. The van der Waals surface area contributed by atoms with Gasteiger partial charge < -0.3 is 9.84 Å². The molecular formula is C23H21FN2O5S. The minimum absolute atomic E-state index is 0.346. The van der Waals surface area contributed by atoms with Crippen molar-refractivity contribution in [2.75, 3.05) is 10.9 Å². The van der Waals surface area contributed by atoms with Crippen LogP contribution in [-0.4, -0.2) is 31.4 Å². The van der Waals surface area contributed by atoms with E-state index in [0.29, 0.717) is 35.5 Å². The molecule has 1 aliphatic rings. The number of carboxylic acid groups (broad SMARTS) is 1. The first kappa shape index (κ1) is 21.9. The van der Waals surface area contributed by atoms with Gasteiger partial charge in [-0.15, -0.1) is 0 Å². The van der Waals surface area contributed by atoms with Gasteiger partial charge in [0.15, 0.2) is 6.61 Å². The fourth-order valence-corrected chi connectivity index (χ4v) is 4.76. The van der Waals surface area contributed by atoms with Crippen LogP contribution in [0.25, 0.3) is 11.3 Å². The predicted octanol–water partition coefficient (Wildman–Crippen LogP) is 4.37. The third-order valence-electron chi connectivity index (χ3n) is 5.39. The number of benzene rings is 2. The molecule has 0 radical (unpaired) electrons. The molecule has 166 valence electrons. The van der Waals surface area contributed by atoms with E-state index >= 15 is 0 Å².